The summed E-state index contributed by atoms with van der Waals surface area (Å²) in [5.74, 6) is -0.952. The van der Waals surface area contributed by atoms with Crippen molar-refractivity contribution in [3.05, 3.63) is 30.0 Å². The summed E-state index contributed by atoms with van der Waals surface area (Å²) in [5, 5.41) is 14.2. The van der Waals surface area contributed by atoms with E-state index >= 15 is 0 Å². The van der Waals surface area contributed by atoms with Gasteiger partial charge in [-0.05, 0) is 13.0 Å². The molecule has 2 heterocycles. The van der Waals surface area contributed by atoms with Gasteiger partial charge in [0.2, 0.25) is 0 Å². The molecule has 1 N–H and O–H groups in total. The van der Waals surface area contributed by atoms with Gasteiger partial charge in [0.05, 0.1) is 18.2 Å². The molecule has 3 rings (SSSR count). The molecule has 2 atom stereocenters. The quantitative estimate of drug-likeness (QED) is 0.815. The minimum Gasteiger partial charge on any atom is -0.477 e. The van der Waals surface area contributed by atoms with E-state index in [1.54, 1.807) is 6.07 Å². The fourth-order valence-corrected chi connectivity index (χ4v) is 2.03. The summed E-state index contributed by atoms with van der Waals surface area (Å²) in [4.78, 5) is 11.3. The number of hydrogen-bond donors (Lipinski definition) is 1. The molecule has 5 heteroatoms. The van der Waals surface area contributed by atoms with E-state index in [0.717, 1.165) is 0 Å². The van der Waals surface area contributed by atoms with E-state index in [2.05, 4.69) is 5.10 Å². The molecule has 1 aliphatic rings. The van der Waals surface area contributed by atoms with E-state index in [4.69, 9.17) is 4.74 Å². The SMILES string of the molecule is CC1OC1Cn1nc2ccccc2c1C(=O)O. The summed E-state index contributed by atoms with van der Waals surface area (Å²) in [5.41, 5.74) is 0.946. The molecule has 0 amide bonds. The molecule has 0 spiro atoms. The van der Waals surface area contributed by atoms with Crippen LogP contribution in [0, 0.1) is 0 Å². The van der Waals surface area contributed by atoms with E-state index in [1.165, 1.54) is 4.68 Å². The second-order valence-corrected chi connectivity index (χ2v) is 4.23. The van der Waals surface area contributed by atoms with Gasteiger partial charge in [0.15, 0.2) is 5.69 Å². The van der Waals surface area contributed by atoms with E-state index in [0.29, 0.717) is 17.4 Å². The number of epoxide rings is 1. The number of carboxylic acids is 1. The number of benzene rings is 1. The van der Waals surface area contributed by atoms with Gasteiger partial charge in [-0.25, -0.2) is 4.79 Å². The number of aromatic nitrogens is 2. The van der Waals surface area contributed by atoms with Gasteiger partial charge in [-0.1, -0.05) is 18.2 Å². The highest BCUT2D eigenvalue weighted by Crippen LogP contribution is 2.25. The van der Waals surface area contributed by atoms with Crippen molar-refractivity contribution < 1.29 is 14.6 Å². The van der Waals surface area contributed by atoms with Crippen molar-refractivity contribution >= 4 is 16.9 Å². The molecular formula is C12H12N2O3. The lowest BCUT2D eigenvalue weighted by atomic mass is 10.2. The minimum atomic E-state index is -0.952. The number of carbonyl (C=O) groups is 1. The smallest absolute Gasteiger partial charge is 0.354 e. The average molecular weight is 232 g/mol. The maximum Gasteiger partial charge on any atom is 0.354 e. The Morgan fingerprint density at radius 1 is 1.53 bits per heavy atom. The Morgan fingerprint density at radius 2 is 2.24 bits per heavy atom. The summed E-state index contributed by atoms with van der Waals surface area (Å²) < 4.78 is 6.83. The van der Waals surface area contributed by atoms with Crippen LogP contribution in [0.5, 0.6) is 0 Å². The highest BCUT2D eigenvalue weighted by atomic mass is 16.6. The molecule has 1 aromatic heterocycles. The van der Waals surface area contributed by atoms with Crippen molar-refractivity contribution in [1.29, 1.82) is 0 Å². The highest BCUT2D eigenvalue weighted by Gasteiger charge is 2.35. The van der Waals surface area contributed by atoms with Crippen molar-refractivity contribution in [2.45, 2.75) is 25.7 Å². The Balaban J connectivity index is 2.09. The Bertz CT molecular complexity index is 590. The molecule has 1 fully saturated rings. The van der Waals surface area contributed by atoms with E-state index < -0.39 is 5.97 Å². The third kappa shape index (κ3) is 1.68. The highest BCUT2D eigenvalue weighted by molar-refractivity contribution is 6.01. The number of hydrogen-bond acceptors (Lipinski definition) is 3. The zero-order chi connectivity index (χ0) is 12.0. The van der Waals surface area contributed by atoms with Crippen molar-refractivity contribution in [2.24, 2.45) is 0 Å². The topological polar surface area (TPSA) is 67.7 Å². The molecule has 0 bridgehead atoms. The fraction of sp³-hybridized carbons (Fsp3) is 0.333. The van der Waals surface area contributed by atoms with Crippen LogP contribution in [-0.4, -0.2) is 33.1 Å². The third-order valence-corrected chi connectivity index (χ3v) is 3.04. The second-order valence-electron chi connectivity index (χ2n) is 4.23. The van der Waals surface area contributed by atoms with Crippen molar-refractivity contribution in [1.82, 2.24) is 9.78 Å². The van der Waals surface area contributed by atoms with Gasteiger partial charge in [-0.15, -0.1) is 0 Å². The van der Waals surface area contributed by atoms with Crippen LogP contribution >= 0.6 is 0 Å². The lowest BCUT2D eigenvalue weighted by molar-refractivity contribution is 0.0685. The van der Waals surface area contributed by atoms with E-state index in [1.807, 2.05) is 25.1 Å². The number of nitrogens with zero attached hydrogens (tertiary/aromatic N) is 2. The van der Waals surface area contributed by atoms with E-state index in [9.17, 15) is 9.90 Å². The third-order valence-electron chi connectivity index (χ3n) is 3.04. The lowest BCUT2D eigenvalue weighted by Gasteiger charge is -2.01. The standard InChI is InChI=1S/C12H12N2O3/c1-7-10(17-7)6-14-11(12(15)16)8-4-2-3-5-9(8)13-14/h2-5,7,10H,6H2,1H3,(H,15,16). The molecular weight excluding hydrogens is 220 g/mol. The van der Waals surface area contributed by atoms with Crippen LogP contribution in [-0.2, 0) is 11.3 Å². The molecule has 17 heavy (non-hydrogen) atoms. The largest absolute Gasteiger partial charge is 0.477 e. The first-order chi connectivity index (χ1) is 8.16. The Labute approximate surface area is 97.6 Å². The Morgan fingerprint density at radius 3 is 2.88 bits per heavy atom. The van der Waals surface area contributed by atoms with Crippen molar-refractivity contribution in [3.63, 3.8) is 0 Å². The molecule has 1 saturated heterocycles. The summed E-state index contributed by atoms with van der Waals surface area (Å²) in [6, 6.07) is 7.26. The molecule has 1 aliphatic heterocycles. The Kier molecular flexibility index (Phi) is 2.16. The zero-order valence-corrected chi connectivity index (χ0v) is 9.33. The normalized spacial score (nSPS) is 22.9. The summed E-state index contributed by atoms with van der Waals surface area (Å²) in [6.45, 7) is 2.46. The summed E-state index contributed by atoms with van der Waals surface area (Å²) in [6.07, 6.45) is 0.284. The number of aromatic carboxylic acids is 1. The summed E-state index contributed by atoms with van der Waals surface area (Å²) >= 11 is 0. The number of carboxylic acid groups (broad SMARTS) is 1. The van der Waals surface area contributed by atoms with Gasteiger partial charge in [-0.3, -0.25) is 4.68 Å². The van der Waals surface area contributed by atoms with Gasteiger partial charge in [0.1, 0.15) is 6.10 Å². The Hall–Kier alpha value is -1.88. The first-order valence-corrected chi connectivity index (χ1v) is 5.51. The summed E-state index contributed by atoms with van der Waals surface area (Å²) in [7, 11) is 0. The molecule has 0 aliphatic carbocycles. The van der Waals surface area contributed by atoms with E-state index in [-0.39, 0.29) is 17.9 Å². The van der Waals surface area contributed by atoms with Crippen LogP contribution in [0.15, 0.2) is 24.3 Å². The van der Waals surface area contributed by atoms with Crippen LogP contribution < -0.4 is 0 Å². The maximum atomic E-state index is 11.3. The predicted molar refractivity (Wildman–Crippen MR) is 61.0 cm³/mol. The second kappa shape index (κ2) is 3.56. The lowest BCUT2D eigenvalue weighted by Crippen LogP contribution is -2.14. The van der Waals surface area contributed by atoms with Gasteiger partial charge in [-0.2, -0.15) is 5.10 Å². The monoisotopic (exact) mass is 232 g/mol. The first-order valence-electron chi connectivity index (χ1n) is 5.51. The number of rotatable bonds is 3. The van der Waals surface area contributed by atoms with Crippen molar-refractivity contribution in [3.8, 4) is 0 Å². The molecule has 0 saturated carbocycles. The average Bonchev–Trinajstić information content (AvgIpc) is 2.86. The van der Waals surface area contributed by atoms with Gasteiger partial charge in [0.25, 0.3) is 0 Å². The predicted octanol–water partition coefficient (Wildman–Crippen LogP) is 1.52. The van der Waals surface area contributed by atoms with Crippen molar-refractivity contribution in [2.75, 3.05) is 0 Å². The van der Waals surface area contributed by atoms with Crippen LogP contribution in [0.3, 0.4) is 0 Å². The first kappa shape index (κ1) is 10.3. The molecule has 1 aromatic carbocycles. The van der Waals surface area contributed by atoms with Crippen LogP contribution in [0.1, 0.15) is 17.4 Å². The zero-order valence-electron chi connectivity index (χ0n) is 9.33. The minimum absolute atomic E-state index is 0.0856. The van der Waals surface area contributed by atoms with Crippen LogP contribution in [0.4, 0.5) is 0 Å². The van der Waals surface area contributed by atoms with Gasteiger partial charge < -0.3 is 9.84 Å². The maximum absolute atomic E-state index is 11.3. The number of fused-ring (bicyclic) bond motifs is 1. The molecule has 5 nitrogen and oxygen atoms in total. The van der Waals surface area contributed by atoms with Crippen LogP contribution in [0.25, 0.3) is 10.9 Å². The molecule has 2 aromatic rings. The fourth-order valence-electron chi connectivity index (χ4n) is 2.03. The van der Waals surface area contributed by atoms with Gasteiger partial charge in [0, 0.05) is 5.39 Å². The molecule has 88 valence electrons. The molecule has 2 unspecified atom stereocenters. The number of ether oxygens (including phenoxy) is 1. The van der Waals surface area contributed by atoms with Crippen LogP contribution in [0.2, 0.25) is 0 Å². The van der Waals surface area contributed by atoms with Gasteiger partial charge >= 0.3 is 5.97 Å². The molecule has 0 radical (unpaired) electrons.